The number of hydrogen-bond acceptors (Lipinski definition) is 0. The Labute approximate surface area is 74.6 Å². The predicted octanol–water partition coefficient (Wildman–Crippen LogP) is -0.912. The van der Waals surface area contributed by atoms with Gasteiger partial charge in [0.25, 0.3) is 0 Å². The molecule has 0 N–H and O–H groups in total. The van der Waals surface area contributed by atoms with Crippen LogP contribution >= 0.6 is 0 Å². The molecule has 0 fully saturated rings. The molecule has 0 spiro atoms. The quantitative estimate of drug-likeness (QED) is 0.336. The van der Waals surface area contributed by atoms with Crippen molar-refractivity contribution in [2.24, 2.45) is 0 Å². The van der Waals surface area contributed by atoms with Crippen LogP contribution in [0.2, 0.25) is 6.32 Å². The van der Waals surface area contributed by atoms with Crippen LogP contribution in [-0.4, -0.2) is 48.0 Å². The van der Waals surface area contributed by atoms with Crippen molar-refractivity contribution in [2.45, 2.75) is 26.1 Å². The summed E-state index contributed by atoms with van der Waals surface area (Å²) in [7, 11) is 5.14. The third-order valence-electron chi connectivity index (χ3n) is 1.30. The summed E-state index contributed by atoms with van der Waals surface area (Å²) in [6, 6.07) is 0. The fourth-order valence-electron chi connectivity index (χ4n) is 0.689. The van der Waals surface area contributed by atoms with Crippen molar-refractivity contribution in [1.29, 1.82) is 0 Å². The van der Waals surface area contributed by atoms with Gasteiger partial charge in [0, 0.05) is 0 Å². The van der Waals surface area contributed by atoms with Gasteiger partial charge in [-0.1, -0.05) is 0 Å². The first-order chi connectivity index (χ1) is 5.41. The van der Waals surface area contributed by atoms with Crippen LogP contribution in [0.5, 0.6) is 0 Å². The maximum atomic E-state index is 5.14. The summed E-state index contributed by atoms with van der Waals surface area (Å²) in [5.41, 5.74) is 0. The van der Waals surface area contributed by atoms with Crippen molar-refractivity contribution < 1.29 is 0 Å². The van der Waals surface area contributed by atoms with Crippen LogP contribution in [-0.2, 0) is 0 Å². The predicted molar refractivity (Wildman–Crippen MR) is 60.0 cm³/mol. The van der Waals surface area contributed by atoms with Crippen LogP contribution in [0.3, 0.4) is 0 Å². The average Bonchev–Trinajstić information content (AvgIpc) is 2.03. The summed E-state index contributed by atoms with van der Waals surface area (Å²) in [5.74, 6) is 0. The molecule has 0 rings (SSSR count). The normalized spacial score (nSPS) is 8.09. The summed E-state index contributed by atoms with van der Waals surface area (Å²) < 4.78 is 0. The minimum atomic E-state index is 1.17. The van der Waals surface area contributed by atoms with Gasteiger partial charge in [0.15, 0.2) is 0 Å². The molecule has 2 radical (unpaired) electrons. The fraction of sp³-hybridized carbons (Fsp3) is 1.00. The van der Waals surface area contributed by atoms with E-state index in [9.17, 15) is 0 Å². The third-order valence-corrected chi connectivity index (χ3v) is 1.30. The van der Waals surface area contributed by atoms with Gasteiger partial charge in [0.05, 0.1) is 0 Å². The number of unbranched alkanes of at least 4 members (excludes halogenated alkanes) is 1. The summed E-state index contributed by atoms with van der Waals surface area (Å²) >= 11 is 0. The molecular formula is C4H9B7. The van der Waals surface area contributed by atoms with E-state index in [1.165, 1.54) is 25.9 Å². The van der Waals surface area contributed by atoms with Gasteiger partial charge < -0.3 is 0 Å². The molecule has 0 nitrogen and oxygen atoms in total. The van der Waals surface area contributed by atoms with E-state index in [0.29, 0.717) is 0 Å². The van der Waals surface area contributed by atoms with Crippen molar-refractivity contribution in [1.82, 2.24) is 0 Å². The molecule has 0 aliphatic carbocycles. The second-order valence-electron chi connectivity index (χ2n) is 2.34. The van der Waals surface area contributed by atoms with Crippen molar-refractivity contribution in [3.8, 4) is 0 Å². The van der Waals surface area contributed by atoms with Crippen LogP contribution in [0.4, 0.5) is 0 Å². The van der Waals surface area contributed by atoms with Gasteiger partial charge in [0.1, 0.15) is 0 Å². The molecule has 11 heavy (non-hydrogen) atoms. The minimum absolute atomic E-state index is 1.17. The zero-order valence-electron chi connectivity index (χ0n) is 7.16. The Balaban J connectivity index is 3.28. The second kappa shape index (κ2) is 10.5. The van der Waals surface area contributed by atoms with E-state index < -0.39 is 0 Å². The summed E-state index contributed by atoms with van der Waals surface area (Å²) in [5, 5.41) is 0. The Morgan fingerprint density at radius 3 is 2.45 bits per heavy atom. The van der Waals surface area contributed by atoms with E-state index >= 15 is 0 Å². The molecule has 0 saturated heterocycles. The van der Waals surface area contributed by atoms with E-state index in [0.717, 1.165) is 0 Å². The van der Waals surface area contributed by atoms with E-state index in [2.05, 4.69) is 20.4 Å². The first-order valence-electron chi connectivity index (χ1n) is 4.12. The third kappa shape index (κ3) is 10.5. The van der Waals surface area contributed by atoms with Gasteiger partial charge in [-0.3, -0.25) is 0 Å². The molecule has 0 aliphatic heterocycles. The molecule has 0 aromatic carbocycles. The van der Waals surface area contributed by atoms with Crippen LogP contribution in [0.15, 0.2) is 0 Å². The van der Waals surface area contributed by atoms with Gasteiger partial charge in [-0.2, -0.15) is 0 Å². The Morgan fingerprint density at radius 2 is 1.82 bits per heavy atom. The molecular weight excluding hydrogens is 124 g/mol. The molecule has 0 aromatic heterocycles. The second-order valence-corrected chi connectivity index (χ2v) is 2.34. The molecule has 0 heterocycles. The van der Waals surface area contributed by atoms with Gasteiger partial charge >= 0.3 is 74.1 Å². The van der Waals surface area contributed by atoms with E-state index in [4.69, 9.17) is 7.74 Å². The zero-order chi connectivity index (χ0) is 8.36. The molecule has 0 atom stereocenters. The Morgan fingerprint density at radius 1 is 1.09 bits per heavy atom. The van der Waals surface area contributed by atoms with Crippen molar-refractivity contribution in [3.63, 3.8) is 0 Å². The first kappa shape index (κ1) is 11.5. The Kier molecular flexibility index (Phi) is 10.9. The molecule has 0 unspecified atom stereocenters. The topological polar surface area (TPSA) is 0 Å². The number of rotatable bonds is 5. The molecule has 0 saturated carbocycles. The molecule has 0 aromatic rings. The SMILES string of the molecule is [B]B=BB=BB=BCCCC. The van der Waals surface area contributed by atoms with Crippen molar-refractivity contribution in [2.75, 3.05) is 0 Å². The fourth-order valence-corrected chi connectivity index (χ4v) is 0.689. The van der Waals surface area contributed by atoms with Gasteiger partial charge in [-0.15, -0.1) is 0 Å². The van der Waals surface area contributed by atoms with Crippen LogP contribution in [0, 0.1) is 0 Å². The van der Waals surface area contributed by atoms with Crippen molar-refractivity contribution in [3.05, 3.63) is 0 Å². The average molecular weight is 133 g/mol. The van der Waals surface area contributed by atoms with Crippen molar-refractivity contribution >= 4 is 48.0 Å². The maximum absolute atomic E-state index is 5.14. The molecule has 0 amide bonds. The standard InChI is InChI=1S/C4H9B7/c1-2-3-4-6-8-10-11-9-7-5/h2-4H2,1H3. The molecule has 0 bridgehead atoms. The van der Waals surface area contributed by atoms with Gasteiger partial charge in [-0.25, -0.2) is 0 Å². The molecule has 0 aliphatic rings. The van der Waals surface area contributed by atoms with E-state index in [-0.39, 0.29) is 0 Å². The van der Waals surface area contributed by atoms with Crippen LogP contribution in [0.25, 0.3) is 0 Å². The zero-order valence-corrected chi connectivity index (χ0v) is 7.16. The number of hydrogen-bond donors (Lipinski definition) is 0. The van der Waals surface area contributed by atoms with E-state index in [1.54, 1.807) is 0 Å². The molecule has 46 valence electrons. The van der Waals surface area contributed by atoms with Gasteiger partial charge in [0.2, 0.25) is 0 Å². The Hall–Kier alpha value is 0.455. The van der Waals surface area contributed by atoms with Crippen LogP contribution < -0.4 is 0 Å². The summed E-state index contributed by atoms with van der Waals surface area (Å²) in [4.78, 5) is 0. The first-order valence-corrected chi connectivity index (χ1v) is 4.12. The molecule has 7 heteroatoms. The monoisotopic (exact) mass is 134 g/mol. The van der Waals surface area contributed by atoms with Gasteiger partial charge in [-0.05, 0) is 0 Å². The summed E-state index contributed by atoms with van der Waals surface area (Å²) in [6.45, 7) is 13.7. The Bertz CT molecular complexity index is 149. The van der Waals surface area contributed by atoms with E-state index in [1.807, 2.05) is 20.1 Å². The van der Waals surface area contributed by atoms with Crippen LogP contribution in [0.1, 0.15) is 19.8 Å². The summed E-state index contributed by atoms with van der Waals surface area (Å²) in [6.07, 6.45) is 3.71.